The molecular weight excluding hydrogens is 226 g/mol. The molecule has 0 aliphatic heterocycles. The van der Waals surface area contributed by atoms with E-state index < -0.39 is 0 Å². The van der Waals surface area contributed by atoms with Crippen LogP contribution in [0.4, 0.5) is 5.69 Å². The minimum absolute atomic E-state index is 0.292. The van der Waals surface area contributed by atoms with Crippen molar-refractivity contribution in [2.45, 2.75) is 19.3 Å². The lowest BCUT2D eigenvalue weighted by atomic mass is 9.94. The van der Waals surface area contributed by atoms with Gasteiger partial charge in [-0.15, -0.1) is 0 Å². The van der Waals surface area contributed by atoms with E-state index in [2.05, 4.69) is 17.5 Å². The van der Waals surface area contributed by atoms with Gasteiger partial charge >= 0.3 is 5.97 Å². The summed E-state index contributed by atoms with van der Waals surface area (Å²) in [7, 11) is 1.40. The molecule has 0 amide bonds. The fourth-order valence-electron chi connectivity index (χ4n) is 2.18. The molecule has 18 heavy (non-hydrogen) atoms. The van der Waals surface area contributed by atoms with Crippen molar-refractivity contribution in [3.05, 3.63) is 42.0 Å². The SMILES string of the molecule is COC(=O)c1cccc(NCC2CC=CCC2)c1. The summed E-state index contributed by atoms with van der Waals surface area (Å²) in [5, 5.41) is 3.39. The Morgan fingerprint density at radius 1 is 1.44 bits per heavy atom. The lowest BCUT2D eigenvalue weighted by Gasteiger charge is -2.19. The second-order valence-electron chi connectivity index (χ2n) is 4.60. The zero-order chi connectivity index (χ0) is 12.8. The fourth-order valence-corrected chi connectivity index (χ4v) is 2.18. The van der Waals surface area contributed by atoms with Gasteiger partial charge in [0.05, 0.1) is 12.7 Å². The molecule has 3 nitrogen and oxygen atoms in total. The van der Waals surface area contributed by atoms with Crippen LogP contribution in [0, 0.1) is 5.92 Å². The Morgan fingerprint density at radius 3 is 3.06 bits per heavy atom. The highest BCUT2D eigenvalue weighted by Gasteiger charge is 2.10. The van der Waals surface area contributed by atoms with Gasteiger partial charge in [0.15, 0.2) is 0 Å². The number of carbonyl (C=O) groups excluding carboxylic acids is 1. The third kappa shape index (κ3) is 3.36. The van der Waals surface area contributed by atoms with Crippen LogP contribution in [0.15, 0.2) is 36.4 Å². The third-order valence-corrected chi connectivity index (χ3v) is 3.26. The summed E-state index contributed by atoms with van der Waals surface area (Å²) in [6.45, 7) is 0.953. The molecule has 0 saturated heterocycles. The molecule has 0 bridgehead atoms. The summed E-state index contributed by atoms with van der Waals surface area (Å²) in [6, 6.07) is 7.45. The van der Waals surface area contributed by atoms with E-state index in [9.17, 15) is 4.79 Å². The summed E-state index contributed by atoms with van der Waals surface area (Å²) in [6.07, 6.45) is 8.05. The summed E-state index contributed by atoms with van der Waals surface area (Å²) in [5.41, 5.74) is 1.57. The number of anilines is 1. The van der Waals surface area contributed by atoms with Crippen molar-refractivity contribution in [2.24, 2.45) is 5.92 Å². The minimum Gasteiger partial charge on any atom is -0.465 e. The molecule has 0 spiro atoms. The van der Waals surface area contributed by atoms with Crippen molar-refractivity contribution < 1.29 is 9.53 Å². The first-order valence-electron chi connectivity index (χ1n) is 6.37. The molecule has 0 heterocycles. The number of hydrogen-bond donors (Lipinski definition) is 1. The number of hydrogen-bond acceptors (Lipinski definition) is 3. The molecule has 1 aliphatic rings. The van der Waals surface area contributed by atoms with Crippen LogP contribution in [-0.2, 0) is 4.74 Å². The number of methoxy groups -OCH3 is 1. The Morgan fingerprint density at radius 2 is 2.33 bits per heavy atom. The Kier molecular flexibility index (Phi) is 4.40. The molecule has 0 aromatic heterocycles. The summed E-state index contributed by atoms with van der Waals surface area (Å²) in [4.78, 5) is 11.4. The Balaban J connectivity index is 1.92. The monoisotopic (exact) mass is 245 g/mol. The highest BCUT2D eigenvalue weighted by atomic mass is 16.5. The summed E-state index contributed by atoms with van der Waals surface area (Å²) < 4.78 is 4.71. The van der Waals surface area contributed by atoms with E-state index in [1.165, 1.54) is 20.0 Å². The van der Waals surface area contributed by atoms with Crippen molar-refractivity contribution in [3.63, 3.8) is 0 Å². The van der Waals surface area contributed by atoms with E-state index in [4.69, 9.17) is 4.74 Å². The van der Waals surface area contributed by atoms with Gasteiger partial charge < -0.3 is 10.1 Å². The number of ether oxygens (including phenoxy) is 1. The topological polar surface area (TPSA) is 38.3 Å². The predicted octanol–water partition coefficient (Wildman–Crippen LogP) is 3.24. The van der Waals surface area contributed by atoms with Gasteiger partial charge in [0.25, 0.3) is 0 Å². The summed E-state index contributed by atoms with van der Waals surface area (Å²) >= 11 is 0. The van der Waals surface area contributed by atoms with Crippen LogP contribution in [0.2, 0.25) is 0 Å². The largest absolute Gasteiger partial charge is 0.465 e. The molecular formula is C15H19NO2. The number of rotatable bonds is 4. The molecule has 2 rings (SSSR count). The van der Waals surface area contributed by atoms with E-state index in [1.807, 2.05) is 18.2 Å². The highest BCUT2D eigenvalue weighted by Crippen LogP contribution is 2.19. The molecule has 3 heteroatoms. The maximum Gasteiger partial charge on any atom is 0.337 e. The van der Waals surface area contributed by atoms with Crippen LogP contribution in [-0.4, -0.2) is 19.6 Å². The van der Waals surface area contributed by atoms with E-state index in [1.54, 1.807) is 6.07 Å². The molecule has 1 aromatic rings. The van der Waals surface area contributed by atoms with Gasteiger partial charge in [0.1, 0.15) is 0 Å². The lowest BCUT2D eigenvalue weighted by molar-refractivity contribution is 0.0601. The molecule has 0 saturated carbocycles. The molecule has 96 valence electrons. The molecule has 1 N–H and O–H groups in total. The van der Waals surface area contributed by atoms with Crippen LogP contribution in [0.3, 0.4) is 0 Å². The van der Waals surface area contributed by atoms with Crippen LogP contribution in [0.25, 0.3) is 0 Å². The molecule has 0 radical (unpaired) electrons. The number of benzene rings is 1. The van der Waals surface area contributed by atoms with E-state index in [0.717, 1.165) is 18.7 Å². The van der Waals surface area contributed by atoms with Crippen molar-refractivity contribution in [3.8, 4) is 0 Å². The van der Waals surface area contributed by atoms with Gasteiger partial charge in [0, 0.05) is 12.2 Å². The first-order valence-corrected chi connectivity index (χ1v) is 6.37. The maximum absolute atomic E-state index is 11.4. The van der Waals surface area contributed by atoms with Gasteiger partial charge in [-0.25, -0.2) is 4.79 Å². The van der Waals surface area contributed by atoms with Crippen molar-refractivity contribution >= 4 is 11.7 Å². The second kappa shape index (κ2) is 6.24. The third-order valence-electron chi connectivity index (χ3n) is 3.26. The molecule has 1 aliphatic carbocycles. The molecule has 1 unspecified atom stereocenters. The normalized spacial score (nSPS) is 18.4. The van der Waals surface area contributed by atoms with Gasteiger partial charge in [-0.3, -0.25) is 0 Å². The maximum atomic E-state index is 11.4. The Bertz CT molecular complexity index is 440. The van der Waals surface area contributed by atoms with Crippen molar-refractivity contribution in [2.75, 3.05) is 19.0 Å². The molecule has 1 aromatic carbocycles. The molecule has 0 fully saturated rings. The van der Waals surface area contributed by atoms with Gasteiger partial charge in [-0.05, 0) is 43.4 Å². The number of esters is 1. The predicted molar refractivity (Wildman–Crippen MR) is 72.8 cm³/mol. The molecule has 1 atom stereocenters. The average Bonchev–Trinajstić information content (AvgIpc) is 2.45. The van der Waals surface area contributed by atoms with Gasteiger partial charge in [0.2, 0.25) is 0 Å². The van der Waals surface area contributed by atoms with E-state index >= 15 is 0 Å². The summed E-state index contributed by atoms with van der Waals surface area (Å²) in [5.74, 6) is 0.399. The average molecular weight is 245 g/mol. The zero-order valence-corrected chi connectivity index (χ0v) is 10.7. The standard InChI is InChI=1S/C15H19NO2/c1-18-15(17)13-8-5-9-14(10-13)16-11-12-6-3-2-4-7-12/h2-3,5,8-10,12,16H,4,6-7,11H2,1H3. The zero-order valence-electron chi connectivity index (χ0n) is 10.7. The first-order chi connectivity index (χ1) is 8.79. The van der Waals surface area contributed by atoms with Gasteiger partial charge in [-0.2, -0.15) is 0 Å². The number of nitrogens with one attached hydrogen (secondary N) is 1. The van der Waals surface area contributed by atoms with Gasteiger partial charge in [-0.1, -0.05) is 18.2 Å². The quantitative estimate of drug-likeness (QED) is 0.653. The highest BCUT2D eigenvalue weighted by molar-refractivity contribution is 5.90. The second-order valence-corrected chi connectivity index (χ2v) is 4.60. The first kappa shape index (κ1) is 12.7. The van der Waals surface area contributed by atoms with Crippen molar-refractivity contribution in [1.82, 2.24) is 0 Å². The van der Waals surface area contributed by atoms with Crippen LogP contribution in [0.5, 0.6) is 0 Å². The fraction of sp³-hybridized carbons (Fsp3) is 0.400. The van der Waals surface area contributed by atoms with Crippen LogP contribution in [0.1, 0.15) is 29.6 Å². The van der Waals surface area contributed by atoms with Crippen LogP contribution >= 0.6 is 0 Å². The number of allylic oxidation sites excluding steroid dienone is 2. The number of carbonyl (C=O) groups is 1. The lowest BCUT2D eigenvalue weighted by Crippen LogP contribution is -2.15. The minimum atomic E-state index is -0.292. The van der Waals surface area contributed by atoms with Crippen LogP contribution < -0.4 is 5.32 Å². The van der Waals surface area contributed by atoms with E-state index in [-0.39, 0.29) is 5.97 Å². The smallest absolute Gasteiger partial charge is 0.337 e. The Hall–Kier alpha value is -1.77. The Labute approximate surface area is 108 Å². The van der Waals surface area contributed by atoms with E-state index in [0.29, 0.717) is 11.5 Å². The van der Waals surface area contributed by atoms with Crippen molar-refractivity contribution in [1.29, 1.82) is 0 Å².